The Bertz CT molecular complexity index is 706. The van der Waals surface area contributed by atoms with E-state index in [1.54, 1.807) is 13.8 Å². The van der Waals surface area contributed by atoms with Gasteiger partial charge in [-0.15, -0.1) is 0 Å². The fraction of sp³-hybridized carbons (Fsp3) is 0.733. The molecule has 9 heteroatoms. The van der Waals surface area contributed by atoms with Crippen LogP contribution in [0.15, 0.2) is 9.42 Å². The number of nitrogens with zero attached hydrogens (tertiary/aromatic N) is 3. The van der Waals surface area contributed by atoms with Crippen LogP contribution in [0.1, 0.15) is 30.7 Å². The van der Waals surface area contributed by atoms with Gasteiger partial charge in [-0.2, -0.15) is 4.31 Å². The molecule has 1 unspecified atom stereocenters. The Morgan fingerprint density at radius 1 is 1.25 bits per heavy atom. The highest BCUT2D eigenvalue weighted by Gasteiger charge is 2.41. The van der Waals surface area contributed by atoms with E-state index >= 15 is 0 Å². The van der Waals surface area contributed by atoms with Crippen LogP contribution in [0.3, 0.4) is 0 Å². The Morgan fingerprint density at radius 3 is 2.50 bits per heavy atom. The molecule has 0 radical (unpaired) electrons. The zero-order valence-corrected chi connectivity index (χ0v) is 14.8. The molecule has 134 valence electrons. The maximum Gasteiger partial charge on any atom is 0.321 e. The highest BCUT2D eigenvalue weighted by molar-refractivity contribution is 7.89. The summed E-state index contributed by atoms with van der Waals surface area (Å²) in [5.74, 6) is -0.317. The molecule has 2 fully saturated rings. The lowest BCUT2D eigenvalue weighted by molar-refractivity contribution is -0.144. The third-order valence-corrected chi connectivity index (χ3v) is 6.91. The number of rotatable bonds is 5. The van der Waals surface area contributed by atoms with Crippen LogP contribution in [0.5, 0.6) is 0 Å². The first kappa shape index (κ1) is 17.4. The minimum Gasteiger partial charge on any atom is -0.480 e. The summed E-state index contributed by atoms with van der Waals surface area (Å²) in [7, 11) is -3.67. The fourth-order valence-corrected chi connectivity index (χ4v) is 5.23. The Labute approximate surface area is 141 Å². The van der Waals surface area contributed by atoms with E-state index < -0.39 is 22.0 Å². The lowest BCUT2D eigenvalue weighted by Gasteiger charge is -2.27. The fourth-order valence-electron chi connectivity index (χ4n) is 3.47. The lowest BCUT2D eigenvalue weighted by Crippen LogP contribution is -2.45. The first-order valence-electron chi connectivity index (χ1n) is 8.22. The van der Waals surface area contributed by atoms with Crippen molar-refractivity contribution in [2.45, 2.75) is 44.0 Å². The van der Waals surface area contributed by atoms with E-state index in [1.165, 1.54) is 4.31 Å². The molecule has 1 N–H and O–H groups in total. The van der Waals surface area contributed by atoms with Gasteiger partial charge in [0.25, 0.3) is 0 Å². The quantitative estimate of drug-likeness (QED) is 0.833. The Kier molecular flexibility index (Phi) is 4.67. The van der Waals surface area contributed by atoms with Crippen LogP contribution in [0.4, 0.5) is 0 Å². The van der Waals surface area contributed by atoms with Gasteiger partial charge in [0.05, 0.1) is 0 Å². The molecule has 3 rings (SSSR count). The lowest BCUT2D eigenvalue weighted by atomic mass is 10.1. The van der Waals surface area contributed by atoms with Crippen LogP contribution in [-0.4, -0.2) is 66.1 Å². The molecule has 0 aromatic carbocycles. The van der Waals surface area contributed by atoms with E-state index in [4.69, 9.17) is 4.52 Å². The van der Waals surface area contributed by atoms with Crippen molar-refractivity contribution in [2.75, 3.05) is 26.2 Å². The van der Waals surface area contributed by atoms with Crippen molar-refractivity contribution in [3.8, 4) is 0 Å². The second-order valence-corrected chi connectivity index (χ2v) is 8.44. The van der Waals surface area contributed by atoms with Crippen LogP contribution in [0.25, 0.3) is 0 Å². The molecule has 1 aliphatic carbocycles. The molecule has 0 amide bonds. The summed E-state index contributed by atoms with van der Waals surface area (Å²) in [6, 6.07) is -0.494. The minimum atomic E-state index is -3.67. The molecule has 2 aliphatic rings. The largest absolute Gasteiger partial charge is 0.480 e. The smallest absolute Gasteiger partial charge is 0.321 e. The third-order valence-electron chi connectivity index (χ3n) is 4.77. The maximum absolute atomic E-state index is 12.9. The minimum absolute atomic E-state index is 0.132. The Morgan fingerprint density at radius 2 is 1.96 bits per heavy atom. The van der Waals surface area contributed by atoms with E-state index in [0.29, 0.717) is 31.7 Å². The molecule has 1 saturated heterocycles. The molecule has 8 nitrogen and oxygen atoms in total. The monoisotopic (exact) mass is 357 g/mol. The average molecular weight is 357 g/mol. The number of carboxylic acids is 1. The molecule has 1 aliphatic heterocycles. The van der Waals surface area contributed by atoms with Gasteiger partial charge in [0.15, 0.2) is 5.76 Å². The molecule has 1 aromatic rings. The van der Waals surface area contributed by atoms with E-state index in [9.17, 15) is 18.3 Å². The van der Waals surface area contributed by atoms with Crippen LogP contribution in [-0.2, 0) is 14.8 Å². The molecule has 1 atom stereocenters. The summed E-state index contributed by atoms with van der Waals surface area (Å²) in [5, 5.41) is 13.2. The molecule has 1 aromatic heterocycles. The van der Waals surface area contributed by atoms with Gasteiger partial charge in [0.2, 0.25) is 10.0 Å². The summed E-state index contributed by atoms with van der Waals surface area (Å²) in [4.78, 5) is 13.6. The molecule has 0 spiro atoms. The van der Waals surface area contributed by atoms with Crippen molar-refractivity contribution >= 4 is 16.0 Å². The number of carboxylic acid groups (broad SMARTS) is 1. The highest BCUT2D eigenvalue weighted by Crippen LogP contribution is 2.36. The van der Waals surface area contributed by atoms with Crippen LogP contribution < -0.4 is 0 Å². The number of sulfonamides is 1. The maximum atomic E-state index is 12.9. The van der Waals surface area contributed by atoms with Crippen LogP contribution >= 0.6 is 0 Å². The predicted molar refractivity (Wildman–Crippen MR) is 85.1 cm³/mol. The average Bonchev–Trinajstić information content (AvgIpc) is 3.28. The summed E-state index contributed by atoms with van der Waals surface area (Å²) in [6.45, 7) is 4.88. The standard InChI is InChI=1S/C15H23N3O5S/c1-10-14(11(2)23-16-10)24(21,22)18-7-3-6-17(8-9-18)13(15(19)20)12-4-5-12/h12-13H,3-9H2,1-2H3,(H,19,20). The number of hydrogen-bond donors (Lipinski definition) is 1. The van der Waals surface area contributed by atoms with Crippen molar-refractivity contribution in [1.29, 1.82) is 0 Å². The van der Waals surface area contributed by atoms with Crippen LogP contribution in [0, 0.1) is 19.8 Å². The second kappa shape index (κ2) is 6.45. The molecular weight excluding hydrogens is 334 g/mol. The topological polar surface area (TPSA) is 104 Å². The van der Waals surface area contributed by atoms with Gasteiger partial charge >= 0.3 is 5.97 Å². The van der Waals surface area contributed by atoms with Gasteiger partial charge in [0, 0.05) is 26.2 Å². The van der Waals surface area contributed by atoms with E-state index in [2.05, 4.69) is 5.16 Å². The summed E-state index contributed by atoms with van der Waals surface area (Å²) < 4.78 is 32.2. The first-order valence-corrected chi connectivity index (χ1v) is 9.66. The first-order chi connectivity index (χ1) is 11.3. The van der Waals surface area contributed by atoms with Gasteiger partial charge in [-0.25, -0.2) is 8.42 Å². The van der Waals surface area contributed by atoms with Crippen molar-refractivity contribution in [1.82, 2.24) is 14.4 Å². The zero-order chi connectivity index (χ0) is 17.5. The van der Waals surface area contributed by atoms with Gasteiger partial charge in [-0.05, 0) is 39.0 Å². The molecule has 0 bridgehead atoms. The van der Waals surface area contributed by atoms with Gasteiger partial charge < -0.3 is 9.63 Å². The number of carbonyl (C=O) groups is 1. The second-order valence-electron chi connectivity index (χ2n) is 6.57. The number of aryl methyl sites for hydroxylation is 2. The van der Waals surface area contributed by atoms with E-state index in [-0.39, 0.29) is 23.1 Å². The summed E-state index contributed by atoms with van der Waals surface area (Å²) in [5.41, 5.74) is 0.356. The summed E-state index contributed by atoms with van der Waals surface area (Å²) >= 11 is 0. The SMILES string of the molecule is Cc1noc(C)c1S(=O)(=O)N1CCCN(C(C(=O)O)C2CC2)CC1. The Hall–Kier alpha value is -1.45. The zero-order valence-electron chi connectivity index (χ0n) is 13.9. The number of hydrogen-bond acceptors (Lipinski definition) is 6. The molecular formula is C15H23N3O5S. The summed E-state index contributed by atoms with van der Waals surface area (Å²) in [6.07, 6.45) is 2.49. The van der Waals surface area contributed by atoms with Gasteiger partial charge in [-0.1, -0.05) is 5.16 Å². The van der Waals surface area contributed by atoms with Crippen molar-refractivity contribution < 1.29 is 22.8 Å². The van der Waals surface area contributed by atoms with Crippen molar-refractivity contribution in [3.63, 3.8) is 0 Å². The predicted octanol–water partition coefficient (Wildman–Crippen LogP) is 0.851. The Balaban J connectivity index is 1.77. The van der Waals surface area contributed by atoms with Crippen LogP contribution in [0.2, 0.25) is 0 Å². The molecule has 24 heavy (non-hydrogen) atoms. The van der Waals surface area contributed by atoms with E-state index in [1.807, 2.05) is 4.90 Å². The molecule has 1 saturated carbocycles. The van der Waals surface area contributed by atoms with Gasteiger partial charge in [0.1, 0.15) is 16.6 Å². The number of aromatic nitrogens is 1. The number of aliphatic carboxylic acids is 1. The van der Waals surface area contributed by atoms with Crippen molar-refractivity contribution in [3.05, 3.63) is 11.5 Å². The van der Waals surface area contributed by atoms with E-state index in [0.717, 1.165) is 12.8 Å². The molecule has 2 heterocycles. The highest BCUT2D eigenvalue weighted by atomic mass is 32.2. The van der Waals surface area contributed by atoms with Gasteiger partial charge in [-0.3, -0.25) is 9.69 Å². The third kappa shape index (κ3) is 3.20. The normalized spacial score (nSPS) is 22.2. The van der Waals surface area contributed by atoms with Crippen molar-refractivity contribution in [2.24, 2.45) is 5.92 Å².